The van der Waals surface area contributed by atoms with Gasteiger partial charge in [0.25, 0.3) is 5.91 Å². The maximum atomic E-state index is 12.6. The number of halogens is 1. The molecule has 1 heterocycles. The molecule has 0 bridgehead atoms. The molecule has 3 rings (SSSR count). The summed E-state index contributed by atoms with van der Waals surface area (Å²) >= 11 is 6.12. The second-order valence-electron chi connectivity index (χ2n) is 6.48. The molecule has 4 nitrogen and oxygen atoms in total. The molecule has 0 saturated carbocycles. The van der Waals surface area contributed by atoms with Gasteiger partial charge < -0.3 is 14.8 Å². The lowest BCUT2D eigenvalue weighted by atomic mass is 9.89. The van der Waals surface area contributed by atoms with Gasteiger partial charge in [-0.25, -0.2) is 0 Å². The highest BCUT2D eigenvalue weighted by Crippen LogP contribution is 2.39. The third kappa shape index (κ3) is 3.34. The van der Waals surface area contributed by atoms with Crippen molar-refractivity contribution in [1.29, 1.82) is 0 Å². The van der Waals surface area contributed by atoms with Crippen molar-refractivity contribution >= 4 is 17.5 Å². The maximum Gasteiger partial charge on any atom is 0.251 e. The molecule has 5 heteroatoms. The van der Waals surface area contributed by atoms with Gasteiger partial charge in [-0.05, 0) is 38.1 Å². The van der Waals surface area contributed by atoms with Crippen molar-refractivity contribution < 1.29 is 14.3 Å². The first kappa shape index (κ1) is 16.7. The molecule has 2 aromatic rings. The number of ether oxygens (including phenoxy) is 2. The molecule has 0 radical (unpaired) electrons. The number of amides is 1. The normalized spacial score (nSPS) is 18.2. The van der Waals surface area contributed by atoms with E-state index >= 15 is 0 Å². The van der Waals surface area contributed by atoms with E-state index in [9.17, 15) is 4.79 Å². The van der Waals surface area contributed by atoms with Gasteiger partial charge in [-0.2, -0.15) is 0 Å². The number of benzene rings is 2. The summed E-state index contributed by atoms with van der Waals surface area (Å²) in [5.74, 6) is 1.19. The molecule has 1 atom stereocenters. The van der Waals surface area contributed by atoms with Crippen molar-refractivity contribution in [2.24, 2.45) is 0 Å². The van der Waals surface area contributed by atoms with Crippen LogP contribution in [0.2, 0.25) is 5.02 Å². The van der Waals surface area contributed by atoms with Gasteiger partial charge in [0.05, 0.1) is 18.2 Å². The average Bonchev–Trinajstić information content (AvgIpc) is 2.53. The van der Waals surface area contributed by atoms with Crippen LogP contribution in [0, 0.1) is 0 Å². The van der Waals surface area contributed by atoms with Crippen molar-refractivity contribution in [1.82, 2.24) is 5.32 Å². The number of carbonyl (C=O) groups excluding carboxylic acids is 1. The lowest BCUT2D eigenvalue weighted by Crippen LogP contribution is -2.41. The third-order valence-electron chi connectivity index (χ3n) is 4.10. The Hall–Kier alpha value is -2.20. The minimum Gasteiger partial charge on any atom is -0.495 e. The van der Waals surface area contributed by atoms with Crippen molar-refractivity contribution in [2.45, 2.75) is 31.9 Å². The van der Waals surface area contributed by atoms with E-state index in [0.29, 0.717) is 22.8 Å². The van der Waals surface area contributed by atoms with E-state index in [2.05, 4.69) is 5.32 Å². The fraction of sp³-hybridized carbons (Fsp3) is 0.316. The second kappa shape index (κ2) is 6.36. The molecule has 1 unspecified atom stereocenters. The Morgan fingerprint density at radius 3 is 2.75 bits per heavy atom. The standard InChI is InChI=1S/C19H20ClNO3/c1-19(2)11-15(13-6-4-5-7-16(13)24-19)21-18(22)12-8-9-17(23-3)14(20)10-12/h4-10,15H,11H2,1-3H3,(H,21,22). The molecule has 0 saturated heterocycles. The summed E-state index contributed by atoms with van der Waals surface area (Å²) < 4.78 is 11.1. The number of hydrogen-bond acceptors (Lipinski definition) is 3. The number of fused-ring (bicyclic) bond motifs is 1. The lowest BCUT2D eigenvalue weighted by molar-refractivity contribution is 0.0619. The van der Waals surface area contributed by atoms with Gasteiger partial charge in [-0.1, -0.05) is 29.8 Å². The fourth-order valence-electron chi connectivity index (χ4n) is 2.98. The molecule has 2 aromatic carbocycles. The molecule has 0 spiro atoms. The predicted octanol–water partition coefficient (Wildman–Crippen LogP) is 4.38. The van der Waals surface area contributed by atoms with Gasteiger partial charge >= 0.3 is 0 Å². The first-order valence-corrected chi connectivity index (χ1v) is 8.20. The monoisotopic (exact) mass is 345 g/mol. The van der Waals surface area contributed by atoms with Gasteiger partial charge in [-0.15, -0.1) is 0 Å². The van der Waals surface area contributed by atoms with Crippen molar-refractivity contribution in [2.75, 3.05) is 7.11 Å². The van der Waals surface area contributed by atoms with E-state index in [1.807, 2.05) is 38.1 Å². The van der Waals surface area contributed by atoms with Crippen LogP contribution < -0.4 is 14.8 Å². The number of nitrogens with one attached hydrogen (secondary N) is 1. The van der Waals surface area contributed by atoms with Crippen LogP contribution >= 0.6 is 11.6 Å². The van der Waals surface area contributed by atoms with E-state index in [4.69, 9.17) is 21.1 Å². The van der Waals surface area contributed by atoms with E-state index in [1.165, 1.54) is 0 Å². The highest BCUT2D eigenvalue weighted by molar-refractivity contribution is 6.32. The first-order valence-electron chi connectivity index (χ1n) is 7.82. The average molecular weight is 346 g/mol. The van der Waals surface area contributed by atoms with Crippen molar-refractivity contribution in [3.05, 3.63) is 58.6 Å². The highest BCUT2D eigenvalue weighted by Gasteiger charge is 2.34. The highest BCUT2D eigenvalue weighted by atomic mass is 35.5. The smallest absolute Gasteiger partial charge is 0.251 e. The number of methoxy groups -OCH3 is 1. The Bertz CT molecular complexity index is 773. The Labute approximate surface area is 146 Å². The molecule has 1 aliphatic rings. The number of rotatable bonds is 3. The maximum absolute atomic E-state index is 12.6. The van der Waals surface area contributed by atoms with E-state index in [1.54, 1.807) is 25.3 Å². The van der Waals surface area contributed by atoms with Crippen LogP contribution in [0.25, 0.3) is 0 Å². The first-order chi connectivity index (χ1) is 11.4. The van der Waals surface area contributed by atoms with Crippen LogP contribution in [0.15, 0.2) is 42.5 Å². The summed E-state index contributed by atoms with van der Waals surface area (Å²) in [4.78, 5) is 12.6. The Morgan fingerprint density at radius 2 is 2.04 bits per heavy atom. The molecule has 0 aliphatic carbocycles. The van der Waals surface area contributed by atoms with Crippen molar-refractivity contribution in [3.63, 3.8) is 0 Å². The van der Waals surface area contributed by atoms with Crippen LogP contribution in [0.3, 0.4) is 0 Å². The number of para-hydroxylation sites is 1. The zero-order valence-electron chi connectivity index (χ0n) is 13.9. The molecule has 24 heavy (non-hydrogen) atoms. The van der Waals surface area contributed by atoms with Crippen LogP contribution in [-0.2, 0) is 0 Å². The SMILES string of the molecule is COc1ccc(C(=O)NC2CC(C)(C)Oc3ccccc32)cc1Cl. The number of carbonyl (C=O) groups is 1. The molecule has 1 amide bonds. The molecular formula is C19H20ClNO3. The summed E-state index contributed by atoms with van der Waals surface area (Å²) in [6.45, 7) is 4.04. The Balaban J connectivity index is 1.85. The van der Waals surface area contributed by atoms with Crippen LogP contribution in [0.4, 0.5) is 0 Å². The minimum atomic E-state index is -0.343. The van der Waals surface area contributed by atoms with E-state index < -0.39 is 0 Å². The van der Waals surface area contributed by atoms with Gasteiger partial charge in [0.2, 0.25) is 0 Å². The zero-order valence-corrected chi connectivity index (χ0v) is 14.7. The molecule has 0 fully saturated rings. The van der Waals surface area contributed by atoms with Gasteiger partial charge in [0.15, 0.2) is 0 Å². The summed E-state index contributed by atoms with van der Waals surface area (Å²) in [5.41, 5.74) is 1.15. The minimum absolute atomic E-state index is 0.113. The van der Waals surface area contributed by atoms with Crippen LogP contribution in [-0.4, -0.2) is 18.6 Å². The summed E-state index contributed by atoms with van der Waals surface area (Å²) in [6.07, 6.45) is 0.694. The fourth-order valence-corrected chi connectivity index (χ4v) is 3.24. The molecule has 1 aliphatic heterocycles. The molecule has 0 aromatic heterocycles. The largest absolute Gasteiger partial charge is 0.495 e. The van der Waals surface area contributed by atoms with Gasteiger partial charge in [0.1, 0.15) is 17.1 Å². The van der Waals surface area contributed by atoms with Gasteiger partial charge in [0, 0.05) is 17.5 Å². The van der Waals surface area contributed by atoms with Crippen LogP contribution in [0.1, 0.15) is 42.2 Å². The van der Waals surface area contributed by atoms with Gasteiger partial charge in [-0.3, -0.25) is 4.79 Å². The van der Waals surface area contributed by atoms with E-state index in [-0.39, 0.29) is 17.6 Å². The summed E-state index contributed by atoms with van der Waals surface area (Å²) in [6, 6.07) is 12.7. The van der Waals surface area contributed by atoms with Crippen molar-refractivity contribution in [3.8, 4) is 11.5 Å². The van der Waals surface area contributed by atoms with E-state index in [0.717, 1.165) is 11.3 Å². The zero-order chi connectivity index (χ0) is 17.3. The quantitative estimate of drug-likeness (QED) is 0.898. The molecule has 126 valence electrons. The van der Waals surface area contributed by atoms with Crippen LogP contribution in [0.5, 0.6) is 11.5 Å². The molecule has 1 N–H and O–H groups in total. The topological polar surface area (TPSA) is 47.6 Å². The molecular weight excluding hydrogens is 326 g/mol. The predicted molar refractivity (Wildman–Crippen MR) is 94.0 cm³/mol. The Kier molecular flexibility index (Phi) is 4.41. The second-order valence-corrected chi connectivity index (χ2v) is 6.89. The number of hydrogen-bond donors (Lipinski definition) is 1. The summed E-state index contributed by atoms with van der Waals surface area (Å²) in [7, 11) is 1.54. The third-order valence-corrected chi connectivity index (χ3v) is 4.39. The lowest BCUT2D eigenvalue weighted by Gasteiger charge is -2.37. The summed E-state index contributed by atoms with van der Waals surface area (Å²) in [5, 5.41) is 3.51. The Morgan fingerprint density at radius 1 is 1.29 bits per heavy atom.